The first kappa shape index (κ1) is 22.9. The zero-order valence-electron chi connectivity index (χ0n) is 16.6. The van der Waals surface area contributed by atoms with Gasteiger partial charge in [-0.3, -0.25) is 14.5 Å². The molecule has 162 valence electrons. The molecule has 3 aromatic carbocycles. The van der Waals surface area contributed by atoms with Crippen molar-refractivity contribution in [3.05, 3.63) is 103 Å². The maximum Gasteiger partial charge on any atom is 0.293 e. The summed E-state index contributed by atoms with van der Waals surface area (Å²) in [7, 11) is 0. The number of ether oxygens (including phenoxy) is 1. The van der Waals surface area contributed by atoms with Crippen molar-refractivity contribution in [1.29, 1.82) is 0 Å². The van der Waals surface area contributed by atoms with Crippen LogP contribution in [0.5, 0.6) is 5.75 Å². The molecule has 0 unspecified atom stereocenters. The first-order chi connectivity index (χ1) is 15.4. The highest BCUT2D eigenvalue weighted by atomic mass is 79.9. The highest BCUT2D eigenvalue weighted by Gasteiger charge is 2.35. The molecule has 3 aromatic rings. The standard InChI is InChI=1S/C24H16BrCl2NO3S/c25-18-8-6-15(7-9-18)13-28-23(29)21(32-24(28)30)11-17-10-19(26)12-20(27)22(17)31-14-16-4-2-1-3-5-16/h1-12H,13-14H2/b21-11-. The summed E-state index contributed by atoms with van der Waals surface area (Å²) >= 11 is 16.8. The Hall–Kier alpha value is -2.25. The van der Waals surface area contributed by atoms with E-state index in [0.717, 1.165) is 27.4 Å². The van der Waals surface area contributed by atoms with E-state index in [9.17, 15) is 9.59 Å². The molecule has 1 heterocycles. The molecule has 0 aromatic heterocycles. The van der Waals surface area contributed by atoms with Crippen molar-refractivity contribution in [2.45, 2.75) is 13.2 Å². The number of thioether (sulfide) groups is 1. The third-order valence-corrected chi connectivity index (χ3v) is 6.61. The van der Waals surface area contributed by atoms with Gasteiger partial charge in [0, 0.05) is 15.1 Å². The number of amides is 2. The van der Waals surface area contributed by atoms with Crippen molar-refractivity contribution in [3.63, 3.8) is 0 Å². The van der Waals surface area contributed by atoms with E-state index in [1.54, 1.807) is 18.2 Å². The fraction of sp³-hybridized carbons (Fsp3) is 0.0833. The van der Waals surface area contributed by atoms with Crippen LogP contribution < -0.4 is 4.74 Å². The Labute approximate surface area is 208 Å². The van der Waals surface area contributed by atoms with Crippen LogP contribution in [0.2, 0.25) is 10.0 Å². The summed E-state index contributed by atoms with van der Waals surface area (Å²) in [5, 5.41) is 0.403. The Kier molecular flexibility index (Phi) is 7.26. The first-order valence-electron chi connectivity index (χ1n) is 9.56. The van der Waals surface area contributed by atoms with E-state index in [0.29, 0.717) is 28.0 Å². The Morgan fingerprint density at radius 1 is 0.969 bits per heavy atom. The number of benzene rings is 3. The van der Waals surface area contributed by atoms with Gasteiger partial charge in [0.15, 0.2) is 0 Å². The number of hydrogen-bond acceptors (Lipinski definition) is 4. The van der Waals surface area contributed by atoms with Crippen molar-refractivity contribution in [1.82, 2.24) is 4.90 Å². The molecule has 0 spiro atoms. The second-order valence-corrected chi connectivity index (χ2v) is 9.73. The van der Waals surface area contributed by atoms with Gasteiger partial charge in [0.25, 0.3) is 11.1 Å². The van der Waals surface area contributed by atoms with Crippen molar-refractivity contribution in [3.8, 4) is 5.75 Å². The van der Waals surface area contributed by atoms with Crippen LogP contribution >= 0.6 is 50.9 Å². The summed E-state index contributed by atoms with van der Waals surface area (Å²) < 4.78 is 6.88. The number of halogens is 3. The maximum atomic E-state index is 13.0. The third kappa shape index (κ3) is 5.38. The van der Waals surface area contributed by atoms with E-state index in [2.05, 4.69) is 15.9 Å². The van der Waals surface area contributed by atoms with Gasteiger partial charge in [0.05, 0.1) is 16.5 Å². The second kappa shape index (κ2) is 10.1. The van der Waals surface area contributed by atoms with Crippen LogP contribution in [0.1, 0.15) is 16.7 Å². The second-order valence-electron chi connectivity index (χ2n) is 6.97. The Morgan fingerprint density at radius 3 is 2.41 bits per heavy atom. The summed E-state index contributed by atoms with van der Waals surface area (Å²) in [6.07, 6.45) is 1.60. The number of nitrogens with zero attached hydrogens (tertiary/aromatic N) is 1. The molecule has 2 amide bonds. The summed E-state index contributed by atoms with van der Waals surface area (Å²) in [6.45, 7) is 0.497. The zero-order chi connectivity index (χ0) is 22.7. The van der Waals surface area contributed by atoms with Crippen LogP contribution in [-0.4, -0.2) is 16.0 Å². The molecule has 1 aliphatic heterocycles. The topological polar surface area (TPSA) is 46.6 Å². The number of carbonyl (C=O) groups is 2. The van der Waals surface area contributed by atoms with E-state index >= 15 is 0 Å². The molecule has 0 atom stereocenters. The van der Waals surface area contributed by atoms with E-state index in [4.69, 9.17) is 27.9 Å². The monoisotopic (exact) mass is 547 g/mol. The minimum atomic E-state index is -0.368. The average molecular weight is 549 g/mol. The molecule has 4 nitrogen and oxygen atoms in total. The van der Waals surface area contributed by atoms with E-state index in [1.807, 2.05) is 54.6 Å². The molecule has 8 heteroatoms. The zero-order valence-corrected chi connectivity index (χ0v) is 20.5. The smallest absolute Gasteiger partial charge is 0.293 e. The molecule has 1 aliphatic rings. The Bertz CT molecular complexity index is 1200. The molecule has 4 rings (SSSR count). The largest absolute Gasteiger partial charge is 0.487 e. The quantitative estimate of drug-likeness (QED) is 0.298. The van der Waals surface area contributed by atoms with Gasteiger partial charge in [-0.15, -0.1) is 0 Å². The van der Waals surface area contributed by atoms with Crippen LogP contribution in [0.25, 0.3) is 6.08 Å². The number of imide groups is 1. The summed E-state index contributed by atoms with van der Waals surface area (Å²) in [4.78, 5) is 27.0. The van der Waals surface area contributed by atoms with Crippen molar-refractivity contribution >= 4 is 68.1 Å². The summed E-state index contributed by atoms with van der Waals surface area (Å²) in [6, 6.07) is 20.4. The minimum Gasteiger partial charge on any atom is -0.487 e. The molecule has 1 fully saturated rings. The fourth-order valence-electron chi connectivity index (χ4n) is 3.12. The van der Waals surface area contributed by atoms with Gasteiger partial charge in [-0.25, -0.2) is 0 Å². The lowest BCUT2D eigenvalue weighted by Crippen LogP contribution is -2.27. The lowest BCUT2D eigenvalue weighted by atomic mass is 10.1. The van der Waals surface area contributed by atoms with Crippen molar-refractivity contribution < 1.29 is 14.3 Å². The highest BCUT2D eigenvalue weighted by molar-refractivity contribution is 9.10. The van der Waals surface area contributed by atoms with Gasteiger partial charge in [-0.1, -0.05) is 81.6 Å². The van der Waals surface area contributed by atoms with Gasteiger partial charge >= 0.3 is 0 Å². The molecule has 32 heavy (non-hydrogen) atoms. The van der Waals surface area contributed by atoms with Gasteiger partial charge in [-0.05, 0) is 53.2 Å². The van der Waals surface area contributed by atoms with Crippen LogP contribution in [0.3, 0.4) is 0 Å². The van der Waals surface area contributed by atoms with Gasteiger partial charge in [0.2, 0.25) is 0 Å². The Morgan fingerprint density at radius 2 is 1.69 bits per heavy atom. The van der Waals surface area contributed by atoms with E-state index in [-0.39, 0.29) is 22.6 Å². The molecule has 0 N–H and O–H groups in total. The minimum absolute atomic E-state index is 0.197. The van der Waals surface area contributed by atoms with Crippen LogP contribution in [-0.2, 0) is 17.9 Å². The van der Waals surface area contributed by atoms with Crippen LogP contribution in [0.4, 0.5) is 4.79 Å². The lowest BCUT2D eigenvalue weighted by molar-refractivity contribution is -0.123. The predicted molar refractivity (Wildman–Crippen MR) is 133 cm³/mol. The number of hydrogen-bond donors (Lipinski definition) is 0. The van der Waals surface area contributed by atoms with Crippen LogP contribution in [0, 0.1) is 0 Å². The Balaban J connectivity index is 1.59. The SMILES string of the molecule is O=C1S/C(=C\c2cc(Cl)cc(Cl)c2OCc2ccccc2)C(=O)N1Cc1ccc(Br)cc1. The highest BCUT2D eigenvalue weighted by Crippen LogP contribution is 2.38. The van der Waals surface area contributed by atoms with Crippen molar-refractivity contribution in [2.24, 2.45) is 0 Å². The molecule has 1 saturated heterocycles. The molecule has 0 bridgehead atoms. The molecular formula is C24H16BrCl2NO3S. The lowest BCUT2D eigenvalue weighted by Gasteiger charge is -2.13. The predicted octanol–water partition coefficient (Wildman–Crippen LogP) is 7.57. The number of rotatable bonds is 6. The molecular weight excluding hydrogens is 533 g/mol. The van der Waals surface area contributed by atoms with Gasteiger partial charge in [0.1, 0.15) is 12.4 Å². The molecule has 0 saturated carbocycles. The van der Waals surface area contributed by atoms with E-state index < -0.39 is 0 Å². The van der Waals surface area contributed by atoms with E-state index in [1.165, 1.54) is 4.90 Å². The van der Waals surface area contributed by atoms with Gasteiger partial charge in [-0.2, -0.15) is 0 Å². The van der Waals surface area contributed by atoms with Crippen LogP contribution in [0.15, 0.2) is 76.1 Å². The van der Waals surface area contributed by atoms with Gasteiger partial charge < -0.3 is 4.74 Å². The number of carbonyl (C=O) groups excluding carboxylic acids is 2. The van der Waals surface area contributed by atoms with Crippen molar-refractivity contribution in [2.75, 3.05) is 0 Å². The summed E-state index contributed by atoms with van der Waals surface area (Å²) in [5.74, 6) is 0.0349. The summed E-state index contributed by atoms with van der Waals surface area (Å²) in [5.41, 5.74) is 2.36. The third-order valence-electron chi connectivity index (χ3n) is 4.68. The molecule has 0 radical (unpaired) electrons. The first-order valence-corrected chi connectivity index (χ1v) is 11.9. The normalized spacial score (nSPS) is 15.0. The average Bonchev–Trinajstić information content (AvgIpc) is 3.02. The maximum absolute atomic E-state index is 13.0. The fourth-order valence-corrected chi connectivity index (χ4v) is 4.78. The molecule has 0 aliphatic carbocycles.